The second kappa shape index (κ2) is 5.02. The molecule has 2 N–H and O–H groups in total. The van der Waals surface area contributed by atoms with Crippen LogP contribution in [0.4, 0.5) is 8.78 Å². The molecule has 1 aliphatic carbocycles. The van der Waals surface area contributed by atoms with E-state index in [1.54, 1.807) is 0 Å². The molecule has 1 aromatic carbocycles. The molecule has 0 spiro atoms. The number of carbonyl (C=O) groups excluding carboxylic acids is 1. The van der Waals surface area contributed by atoms with Gasteiger partial charge in [-0.1, -0.05) is 6.07 Å². The zero-order valence-corrected chi connectivity index (χ0v) is 9.88. The Morgan fingerprint density at radius 2 is 2.06 bits per heavy atom. The number of hydrogen-bond acceptors (Lipinski definition) is 2. The van der Waals surface area contributed by atoms with Crippen LogP contribution in [0.1, 0.15) is 24.8 Å². The molecule has 1 aromatic rings. The maximum Gasteiger partial charge on any atom is 0.220 e. The predicted molar refractivity (Wildman–Crippen MR) is 61.9 cm³/mol. The Kier molecular flexibility index (Phi) is 3.61. The Balaban J connectivity index is 1.84. The van der Waals surface area contributed by atoms with Gasteiger partial charge >= 0.3 is 0 Å². The number of nitrogens with one attached hydrogen (secondary N) is 1. The van der Waals surface area contributed by atoms with Gasteiger partial charge in [0.05, 0.1) is 12.1 Å². The number of hydrogen-bond donors (Lipinski definition) is 2. The molecule has 98 valence electrons. The van der Waals surface area contributed by atoms with E-state index >= 15 is 0 Å². The third kappa shape index (κ3) is 3.04. The number of halogens is 2. The van der Waals surface area contributed by atoms with E-state index in [-0.39, 0.29) is 18.9 Å². The smallest absolute Gasteiger partial charge is 0.220 e. The standard InChI is InChI=1S/C13H15F2NO2/c14-10-3-1-9(7-11(10)15)2-4-12(18)16-13(8-17)5-6-13/h1,3,7,17H,2,4-6,8H2,(H,16,18). The molecule has 0 heterocycles. The first-order valence-electron chi connectivity index (χ1n) is 5.90. The Morgan fingerprint density at radius 1 is 1.33 bits per heavy atom. The fourth-order valence-corrected chi connectivity index (χ4v) is 1.78. The van der Waals surface area contributed by atoms with Gasteiger partial charge in [-0.3, -0.25) is 4.79 Å². The zero-order valence-electron chi connectivity index (χ0n) is 9.88. The molecule has 0 aliphatic heterocycles. The van der Waals surface area contributed by atoms with Crippen molar-refractivity contribution >= 4 is 5.91 Å². The van der Waals surface area contributed by atoms with Crippen LogP contribution in [-0.4, -0.2) is 23.2 Å². The summed E-state index contributed by atoms with van der Waals surface area (Å²) in [6.45, 7) is -0.0517. The van der Waals surface area contributed by atoms with Crippen LogP contribution >= 0.6 is 0 Å². The van der Waals surface area contributed by atoms with Crippen molar-refractivity contribution in [2.24, 2.45) is 0 Å². The van der Waals surface area contributed by atoms with Gasteiger partial charge < -0.3 is 10.4 Å². The van der Waals surface area contributed by atoms with E-state index in [0.29, 0.717) is 12.0 Å². The van der Waals surface area contributed by atoms with E-state index in [4.69, 9.17) is 5.11 Å². The number of amides is 1. The lowest BCUT2D eigenvalue weighted by molar-refractivity contribution is -0.122. The van der Waals surface area contributed by atoms with Crippen LogP contribution in [0.25, 0.3) is 0 Å². The van der Waals surface area contributed by atoms with Crippen molar-refractivity contribution in [3.05, 3.63) is 35.4 Å². The number of aliphatic hydroxyl groups is 1. The van der Waals surface area contributed by atoms with Crippen molar-refractivity contribution in [1.29, 1.82) is 0 Å². The molecule has 5 heteroatoms. The molecule has 0 bridgehead atoms. The quantitative estimate of drug-likeness (QED) is 0.838. The van der Waals surface area contributed by atoms with Crippen LogP contribution in [0.5, 0.6) is 0 Å². The molecule has 1 amide bonds. The van der Waals surface area contributed by atoms with Crippen molar-refractivity contribution in [3.8, 4) is 0 Å². The summed E-state index contributed by atoms with van der Waals surface area (Å²) >= 11 is 0. The van der Waals surface area contributed by atoms with E-state index in [1.807, 2.05) is 0 Å². The van der Waals surface area contributed by atoms with Gasteiger partial charge in [0, 0.05) is 6.42 Å². The summed E-state index contributed by atoms with van der Waals surface area (Å²) in [6, 6.07) is 3.62. The van der Waals surface area contributed by atoms with E-state index in [2.05, 4.69) is 5.32 Å². The maximum absolute atomic E-state index is 12.9. The second-order valence-corrected chi connectivity index (χ2v) is 4.74. The van der Waals surface area contributed by atoms with Crippen molar-refractivity contribution in [1.82, 2.24) is 5.32 Å². The molecule has 1 saturated carbocycles. The average molecular weight is 255 g/mol. The molecule has 0 aromatic heterocycles. The molecule has 0 radical (unpaired) electrons. The summed E-state index contributed by atoms with van der Waals surface area (Å²) in [6.07, 6.45) is 2.14. The van der Waals surface area contributed by atoms with E-state index in [0.717, 1.165) is 25.0 Å². The third-order valence-corrected chi connectivity index (χ3v) is 3.19. The highest BCUT2D eigenvalue weighted by Gasteiger charge is 2.43. The van der Waals surface area contributed by atoms with Gasteiger partial charge in [0.25, 0.3) is 0 Å². The van der Waals surface area contributed by atoms with Gasteiger partial charge in [0.1, 0.15) is 0 Å². The lowest BCUT2D eigenvalue weighted by Crippen LogP contribution is -2.39. The van der Waals surface area contributed by atoms with Crippen molar-refractivity contribution in [2.75, 3.05) is 6.61 Å². The first-order valence-corrected chi connectivity index (χ1v) is 5.90. The number of carbonyl (C=O) groups is 1. The molecule has 0 unspecified atom stereocenters. The monoisotopic (exact) mass is 255 g/mol. The SMILES string of the molecule is O=C(CCc1ccc(F)c(F)c1)NC1(CO)CC1. The summed E-state index contributed by atoms with van der Waals surface area (Å²) in [5.41, 5.74) is 0.156. The predicted octanol–water partition coefficient (Wildman–Crippen LogP) is 1.54. The topological polar surface area (TPSA) is 49.3 Å². The molecule has 0 saturated heterocycles. The van der Waals surface area contributed by atoms with Crippen molar-refractivity contribution in [2.45, 2.75) is 31.2 Å². The molecule has 1 aliphatic rings. The second-order valence-electron chi connectivity index (χ2n) is 4.74. The zero-order chi connectivity index (χ0) is 13.2. The Bertz CT molecular complexity index is 458. The van der Waals surface area contributed by atoms with Crippen molar-refractivity contribution in [3.63, 3.8) is 0 Å². The minimum Gasteiger partial charge on any atom is -0.394 e. The maximum atomic E-state index is 12.9. The molecule has 1 fully saturated rings. The number of rotatable bonds is 5. The van der Waals surface area contributed by atoms with Gasteiger partial charge in [-0.15, -0.1) is 0 Å². The molecule has 2 rings (SSSR count). The minimum atomic E-state index is -0.901. The van der Waals surface area contributed by atoms with Crippen LogP contribution in [0.15, 0.2) is 18.2 Å². The minimum absolute atomic E-state index is 0.0517. The summed E-state index contributed by atoms with van der Waals surface area (Å²) in [7, 11) is 0. The van der Waals surface area contributed by atoms with Crippen molar-refractivity contribution < 1.29 is 18.7 Å². The van der Waals surface area contributed by atoms with Gasteiger partial charge in [-0.25, -0.2) is 8.78 Å². The number of benzene rings is 1. The highest BCUT2D eigenvalue weighted by Crippen LogP contribution is 2.34. The lowest BCUT2D eigenvalue weighted by atomic mass is 10.1. The summed E-state index contributed by atoms with van der Waals surface area (Å²) in [4.78, 5) is 11.6. The van der Waals surface area contributed by atoms with Crippen LogP contribution in [0.3, 0.4) is 0 Å². The summed E-state index contributed by atoms with van der Waals surface area (Å²) in [5.74, 6) is -1.96. The van der Waals surface area contributed by atoms with E-state index in [1.165, 1.54) is 6.07 Å². The number of aliphatic hydroxyl groups excluding tert-OH is 1. The Morgan fingerprint density at radius 3 is 2.61 bits per heavy atom. The Hall–Kier alpha value is -1.49. The Labute approximate surface area is 104 Å². The largest absolute Gasteiger partial charge is 0.394 e. The van der Waals surface area contributed by atoms with Crippen LogP contribution < -0.4 is 5.32 Å². The van der Waals surface area contributed by atoms with Gasteiger partial charge in [-0.05, 0) is 37.0 Å². The normalized spacial score (nSPS) is 16.4. The first-order chi connectivity index (χ1) is 8.54. The molecular weight excluding hydrogens is 240 g/mol. The summed E-state index contributed by atoms with van der Waals surface area (Å²) < 4.78 is 25.6. The molecule has 3 nitrogen and oxygen atoms in total. The highest BCUT2D eigenvalue weighted by molar-refractivity contribution is 5.77. The van der Waals surface area contributed by atoms with Crippen LogP contribution in [-0.2, 0) is 11.2 Å². The molecular formula is C13H15F2NO2. The van der Waals surface area contributed by atoms with Gasteiger partial charge in [-0.2, -0.15) is 0 Å². The fraction of sp³-hybridized carbons (Fsp3) is 0.462. The van der Waals surface area contributed by atoms with E-state index < -0.39 is 17.2 Å². The van der Waals surface area contributed by atoms with Crippen LogP contribution in [0, 0.1) is 11.6 Å². The average Bonchev–Trinajstić information content (AvgIpc) is 3.11. The van der Waals surface area contributed by atoms with Gasteiger partial charge in [0.2, 0.25) is 5.91 Å². The summed E-state index contributed by atoms with van der Waals surface area (Å²) in [5, 5.41) is 11.8. The number of aryl methyl sites for hydroxylation is 1. The van der Waals surface area contributed by atoms with E-state index in [9.17, 15) is 13.6 Å². The fourth-order valence-electron chi connectivity index (χ4n) is 1.78. The molecule has 18 heavy (non-hydrogen) atoms. The molecule has 0 atom stereocenters. The lowest BCUT2D eigenvalue weighted by Gasteiger charge is -2.14. The third-order valence-electron chi connectivity index (χ3n) is 3.19. The van der Waals surface area contributed by atoms with Crippen LogP contribution in [0.2, 0.25) is 0 Å². The highest BCUT2D eigenvalue weighted by atomic mass is 19.2. The van der Waals surface area contributed by atoms with Gasteiger partial charge in [0.15, 0.2) is 11.6 Å². The first kappa shape index (κ1) is 13.0.